The lowest BCUT2D eigenvalue weighted by Crippen LogP contribution is -2.34. The van der Waals surface area contributed by atoms with Gasteiger partial charge in [0.15, 0.2) is 0 Å². The molecule has 0 radical (unpaired) electrons. The highest BCUT2D eigenvalue weighted by Gasteiger charge is 2.15. The zero-order chi connectivity index (χ0) is 16.8. The highest BCUT2D eigenvalue weighted by molar-refractivity contribution is 5.75. The Kier molecular flexibility index (Phi) is 5.40. The summed E-state index contributed by atoms with van der Waals surface area (Å²) in [5.74, 6) is 0.522. The van der Waals surface area contributed by atoms with Crippen molar-refractivity contribution in [2.45, 2.75) is 45.1 Å². The lowest BCUT2D eigenvalue weighted by molar-refractivity contribution is -0.121. The first-order valence-corrected chi connectivity index (χ1v) is 8.59. The van der Waals surface area contributed by atoms with Gasteiger partial charge in [0.05, 0.1) is 5.69 Å². The minimum absolute atomic E-state index is 0.101. The molecular weight excluding hydrogens is 306 g/mol. The van der Waals surface area contributed by atoms with Gasteiger partial charge in [0, 0.05) is 6.54 Å². The molecule has 0 aliphatic heterocycles. The Morgan fingerprint density at radius 1 is 1.12 bits per heavy atom. The molecule has 1 aliphatic carbocycles. The Balaban J connectivity index is 1.51. The van der Waals surface area contributed by atoms with Gasteiger partial charge in [-0.05, 0) is 34.9 Å². The number of tetrazole rings is 1. The van der Waals surface area contributed by atoms with E-state index in [0.717, 1.165) is 17.0 Å². The molecule has 1 saturated carbocycles. The molecule has 7 nitrogen and oxygen atoms in total. The van der Waals surface area contributed by atoms with Crippen molar-refractivity contribution in [2.75, 3.05) is 6.54 Å². The maximum absolute atomic E-state index is 12.2. The highest BCUT2D eigenvalue weighted by Crippen LogP contribution is 2.25. The van der Waals surface area contributed by atoms with Crippen LogP contribution in [0.15, 0.2) is 35.1 Å². The van der Waals surface area contributed by atoms with Gasteiger partial charge in [0.1, 0.15) is 6.54 Å². The molecule has 0 unspecified atom stereocenters. The number of amides is 1. The molecular formula is C17H23N5O2. The lowest BCUT2D eigenvalue weighted by atomic mass is 9.87. The second-order valence-electron chi connectivity index (χ2n) is 6.31. The number of carbonyl (C=O) groups is 1. The fourth-order valence-corrected chi connectivity index (χ4v) is 3.19. The zero-order valence-corrected chi connectivity index (χ0v) is 13.7. The van der Waals surface area contributed by atoms with Crippen LogP contribution in [0.25, 0.3) is 5.69 Å². The van der Waals surface area contributed by atoms with E-state index in [2.05, 4.69) is 15.7 Å². The van der Waals surface area contributed by atoms with Gasteiger partial charge in [0.25, 0.3) is 0 Å². The molecule has 0 saturated heterocycles. The van der Waals surface area contributed by atoms with Crippen LogP contribution in [0.1, 0.15) is 38.5 Å². The van der Waals surface area contributed by atoms with E-state index in [4.69, 9.17) is 0 Å². The number of rotatable bonds is 6. The molecule has 7 heteroatoms. The average Bonchev–Trinajstić information content (AvgIpc) is 2.97. The Morgan fingerprint density at radius 3 is 2.62 bits per heavy atom. The number of nitrogens with one attached hydrogen (secondary N) is 1. The monoisotopic (exact) mass is 329 g/mol. The molecule has 0 bridgehead atoms. The molecule has 1 aromatic carbocycles. The smallest absolute Gasteiger partial charge is 0.354 e. The molecule has 3 rings (SSSR count). The van der Waals surface area contributed by atoms with Crippen LogP contribution in [-0.2, 0) is 11.3 Å². The maximum Gasteiger partial charge on any atom is 0.368 e. The summed E-state index contributed by atoms with van der Waals surface area (Å²) >= 11 is 0. The first-order chi connectivity index (χ1) is 11.7. The molecule has 1 N–H and O–H groups in total. The summed E-state index contributed by atoms with van der Waals surface area (Å²) in [7, 11) is 0. The quantitative estimate of drug-likeness (QED) is 0.871. The van der Waals surface area contributed by atoms with E-state index in [9.17, 15) is 9.59 Å². The van der Waals surface area contributed by atoms with Crippen LogP contribution in [0.4, 0.5) is 0 Å². The van der Waals surface area contributed by atoms with Gasteiger partial charge in [-0.15, -0.1) is 0 Å². The predicted molar refractivity (Wildman–Crippen MR) is 89.8 cm³/mol. The number of aromatic nitrogens is 4. The fraction of sp³-hybridized carbons (Fsp3) is 0.529. The van der Waals surface area contributed by atoms with Gasteiger partial charge in [-0.3, -0.25) is 4.79 Å². The first kappa shape index (κ1) is 16.4. The van der Waals surface area contributed by atoms with Crippen molar-refractivity contribution >= 4 is 5.91 Å². The Labute approximate surface area is 140 Å². The van der Waals surface area contributed by atoms with E-state index in [1.54, 1.807) is 12.1 Å². The lowest BCUT2D eigenvalue weighted by Gasteiger charge is -2.21. The normalized spacial score (nSPS) is 15.3. The van der Waals surface area contributed by atoms with Crippen molar-refractivity contribution in [3.63, 3.8) is 0 Å². The molecule has 1 aromatic heterocycles. The van der Waals surface area contributed by atoms with Crippen molar-refractivity contribution in [1.29, 1.82) is 0 Å². The summed E-state index contributed by atoms with van der Waals surface area (Å²) < 4.78 is 2.28. The molecule has 24 heavy (non-hydrogen) atoms. The van der Waals surface area contributed by atoms with Crippen molar-refractivity contribution in [3.8, 4) is 5.69 Å². The topological polar surface area (TPSA) is 81.8 Å². The van der Waals surface area contributed by atoms with Crippen molar-refractivity contribution in [2.24, 2.45) is 5.92 Å². The average molecular weight is 329 g/mol. The number of nitrogens with zero attached hydrogens (tertiary/aromatic N) is 4. The van der Waals surface area contributed by atoms with Gasteiger partial charge in [-0.25, -0.2) is 4.79 Å². The fourth-order valence-electron chi connectivity index (χ4n) is 3.19. The molecule has 1 amide bonds. The summed E-state index contributed by atoms with van der Waals surface area (Å²) in [6.07, 6.45) is 7.48. The van der Waals surface area contributed by atoms with Crippen LogP contribution in [-0.4, -0.2) is 32.2 Å². The largest absolute Gasteiger partial charge is 0.368 e. The minimum atomic E-state index is -0.413. The van der Waals surface area contributed by atoms with E-state index in [1.807, 2.05) is 18.2 Å². The number of para-hydroxylation sites is 1. The van der Waals surface area contributed by atoms with Gasteiger partial charge in [0.2, 0.25) is 5.91 Å². The number of hydrogen-bond acceptors (Lipinski definition) is 4. The number of hydrogen-bond donors (Lipinski definition) is 1. The van der Waals surface area contributed by atoms with Gasteiger partial charge < -0.3 is 5.32 Å². The Morgan fingerprint density at radius 2 is 1.88 bits per heavy atom. The Bertz CT molecular complexity index is 716. The third kappa shape index (κ3) is 4.10. The van der Waals surface area contributed by atoms with Gasteiger partial charge >= 0.3 is 5.69 Å². The summed E-state index contributed by atoms with van der Waals surface area (Å²) in [6, 6.07) is 9.03. The summed E-state index contributed by atoms with van der Waals surface area (Å²) in [5, 5.41) is 10.5. The summed E-state index contributed by atoms with van der Waals surface area (Å²) in [5.41, 5.74) is 0.218. The first-order valence-electron chi connectivity index (χ1n) is 8.59. The Hall–Kier alpha value is -2.44. The maximum atomic E-state index is 12.2. The predicted octanol–water partition coefficient (Wildman–Crippen LogP) is 1.52. The second-order valence-corrected chi connectivity index (χ2v) is 6.31. The highest BCUT2D eigenvalue weighted by atomic mass is 16.2. The molecule has 1 heterocycles. The summed E-state index contributed by atoms with van der Waals surface area (Å²) in [4.78, 5) is 24.3. The van der Waals surface area contributed by atoms with Crippen LogP contribution in [0.2, 0.25) is 0 Å². The second kappa shape index (κ2) is 7.90. The molecule has 2 aromatic rings. The molecule has 0 atom stereocenters. The third-order valence-electron chi connectivity index (χ3n) is 4.53. The van der Waals surface area contributed by atoms with E-state index in [-0.39, 0.29) is 12.5 Å². The third-order valence-corrected chi connectivity index (χ3v) is 4.53. The van der Waals surface area contributed by atoms with Crippen molar-refractivity contribution in [1.82, 2.24) is 25.1 Å². The number of carbonyl (C=O) groups excluding carboxylic acids is 1. The molecule has 128 valence electrons. The van der Waals surface area contributed by atoms with Gasteiger partial charge in [-0.2, -0.15) is 9.36 Å². The van der Waals surface area contributed by atoms with Gasteiger partial charge in [-0.1, -0.05) is 50.3 Å². The van der Waals surface area contributed by atoms with Crippen LogP contribution in [0.3, 0.4) is 0 Å². The molecule has 1 aliphatic rings. The molecule has 1 fully saturated rings. The SMILES string of the molecule is O=C(Cn1nnn(-c2ccccc2)c1=O)NCCC1CCCCC1. The van der Waals surface area contributed by atoms with E-state index in [1.165, 1.54) is 36.8 Å². The van der Waals surface area contributed by atoms with Crippen LogP contribution < -0.4 is 11.0 Å². The van der Waals surface area contributed by atoms with E-state index < -0.39 is 5.69 Å². The van der Waals surface area contributed by atoms with E-state index >= 15 is 0 Å². The van der Waals surface area contributed by atoms with Crippen LogP contribution in [0, 0.1) is 5.92 Å². The zero-order valence-electron chi connectivity index (χ0n) is 13.7. The van der Waals surface area contributed by atoms with E-state index in [0.29, 0.717) is 12.2 Å². The van der Waals surface area contributed by atoms with Crippen LogP contribution in [0.5, 0.6) is 0 Å². The molecule has 0 spiro atoms. The minimum Gasteiger partial charge on any atom is -0.354 e. The summed E-state index contributed by atoms with van der Waals surface area (Å²) in [6.45, 7) is 0.557. The number of benzene rings is 1. The van der Waals surface area contributed by atoms with Crippen molar-refractivity contribution in [3.05, 3.63) is 40.8 Å². The van der Waals surface area contributed by atoms with Crippen molar-refractivity contribution < 1.29 is 4.79 Å². The van der Waals surface area contributed by atoms with Crippen LogP contribution >= 0.6 is 0 Å². The standard InChI is InChI=1S/C17H23N5O2/c23-16(18-12-11-14-7-3-1-4-8-14)13-21-17(24)22(20-19-21)15-9-5-2-6-10-15/h2,5-6,9-10,14H,1,3-4,7-8,11-13H2,(H,18,23).